The van der Waals surface area contributed by atoms with Gasteiger partial charge in [-0.25, -0.2) is 4.98 Å². The summed E-state index contributed by atoms with van der Waals surface area (Å²) in [6.45, 7) is 3.83. The van der Waals surface area contributed by atoms with Crippen LogP contribution in [-0.2, 0) is 9.53 Å². The maximum atomic E-state index is 11.8. The van der Waals surface area contributed by atoms with Crippen molar-refractivity contribution in [2.75, 3.05) is 13.7 Å². The van der Waals surface area contributed by atoms with Gasteiger partial charge in [-0.05, 0) is 50.2 Å². The van der Waals surface area contributed by atoms with Crippen LogP contribution in [0.15, 0.2) is 41.4 Å². The summed E-state index contributed by atoms with van der Waals surface area (Å²) in [5.41, 5.74) is 2.08. The highest BCUT2D eigenvalue weighted by Crippen LogP contribution is 2.29. The molecule has 0 bridgehead atoms. The quantitative estimate of drug-likeness (QED) is 0.589. The third-order valence-electron chi connectivity index (χ3n) is 3.27. The van der Waals surface area contributed by atoms with E-state index in [4.69, 9.17) is 9.47 Å². The van der Waals surface area contributed by atoms with Crippen molar-refractivity contribution in [2.45, 2.75) is 24.1 Å². The van der Waals surface area contributed by atoms with Gasteiger partial charge in [-0.2, -0.15) is 5.26 Å². The number of carbonyl (C=O) groups excluding carboxylic acids is 1. The fraction of sp³-hybridized carbons (Fsp3) is 0.278. The van der Waals surface area contributed by atoms with Crippen molar-refractivity contribution in [3.8, 4) is 23.1 Å². The zero-order valence-electron chi connectivity index (χ0n) is 13.8. The molecule has 0 aliphatic rings. The number of hydrogen-bond acceptors (Lipinski definition) is 6. The molecule has 0 saturated carbocycles. The number of hydrogen-bond donors (Lipinski definition) is 0. The molecule has 0 N–H and O–H groups in total. The first-order valence-electron chi connectivity index (χ1n) is 7.48. The first-order valence-corrected chi connectivity index (χ1v) is 8.35. The molecule has 0 saturated heterocycles. The molecule has 1 heterocycles. The van der Waals surface area contributed by atoms with E-state index in [0.29, 0.717) is 17.2 Å². The molecule has 0 amide bonds. The normalized spacial score (nSPS) is 11.4. The second kappa shape index (κ2) is 8.37. The minimum absolute atomic E-state index is 0.317. The predicted octanol–water partition coefficient (Wildman–Crippen LogP) is 3.67. The number of nitriles is 1. The zero-order valence-corrected chi connectivity index (χ0v) is 14.6. The molecule has 0 fully saturated rings. The van der Waals surface area contributed by atoms with Gasteiger partial charge in [-0.3, -0.25) is 4.79 Å². The largest absolute Gasteiger partial charge is 0.497 e. The Morgan fingerprint density at radius 2 is 2.00 bits per heavy atom. The van der Waals surface area contributed by atoms with Crippen molar-refractivity contribution >= 4 is 17.7 Å². The van der Waals surface area contributed by atoms with E-state index in [1.165, 1.54) is 11.8 Å². The monoisotopic (exact) mass is 342 g/mol. The summed E-state index contributed by atoms with van der Waals surface area (Å²) < 4.78 is 10.2. The fourth-order valence-corrected chi connectivity index (χ4v) is 2.90. The topological polar surface area (TPSA) is 72.2 Å². The Labute approximate surface area is 145 Å². The Morgan fingerprint density at radius 1 is 1.29 bits per heavy atom. The standard InChI is InChI=1S/C18H18N2O3S/c1-4-23-18(21)12(2)24-17-14(11-19)7-10-16(20-17)13-5-8-15(22-3)9-6-13/h5-10,12H,4H2,1-3H3. The lowest BCUT2D eigenvalue weighted by Gasteiger charge is -2.12. The van der Waals surface area contributed by atoms with Gasteiger partial charge in [0.25, 0.3) is 0 Å². The van der Waals surface area contributed by atoms with Crippen LogP contribution in [-0.4, -0.2) is 29.9 Å². The van der Waals surface area contributed by atoms with Gasteiger partial charge in [0.05, 0.1) is 25.0 Å². The van der Waals surface area contributed by atoms with Crippen molar-refractivity contribution in [2.24, 2.45) is 0 Å². The lowest BCUT2D eigenvalue weighted by molar-refractivity contribution is -0.142. The lowest BCUT2D eigenvalue weighted by Crippen LogP contribution is -2.17. The SMILES string of the molecule is CCOC(=O)C(C)Sc1nc(-c2ccc(OC)cc2)ccc1C#N. The van der Waals surface area contributed by atoms with Crippen LogP contribution in [0.5, 0.6) is 5.75 Å². The van der Waals surface area contributed by atoms with E-state index in [1.807, 2.05) is 24.3 Å². The number of nitrogens with zero attached hydrogens (tertiary/aromatic N) is 2. The van der Waals surface area contributed by atoms with E-state index >= 15 is 0 Å². The fourth-order valence-electron chi connectivity index (χ4n) is 2.01. The summed E-state index contributed by atoms with van der Waals surface area (Å²) in [6.07, 6.45) is 0. The van der Waals surface area contributed by atoms with Gasteiger partial charge in [0.1, 0.15) is 22.1 Å². The van der Waals surface area contributed by atoms with Gasteiger partial charge >= 0.3 is 5.97 Å². The van der Waals surface area contributed by atoms with Gasteiger partial charge < -0.3 is 9.47 Å². The average molecular weight is 342 g/mol. The van der Waals surface area contributed by atoms with Crippen molar-refractivity contribution in [3.05, 3.63) is 42.0 Å². The molecular formula is C18H18N2O3S. The molecule has 2 rings (SSSR count). The van der Waals surface area contributed by atoms with E-state index in [-0.39, 0.29) is 5.97 Å². The number of aromatic nitrogens is 1. The van der Waals surface area contributed by atoms with Gasteiger partial charge in [0.15, 0.2) is 0 Å². The van der Waals surface area contributed by atoms with Crippen LogP contribution in [0.1, 0.15) is 19.4 Å². The Kier molecular flexibility index (Phi) is 6.21. The van der Waals surface area contributed by atoms with Crippen LogP contribution in [0.4, 0.5) is 0 Å². The number of methoxy groups -OCH3 is 1. The Hall–Kier alpha value is -2.52. The molecule has 1 aromatic heterocycles. The second-order valence-electron chi connectivity index (χ2n) is 4.90. The van der Waals surface area contributed by atoms with Crippen LogP contribution in [0, 0.1) is 11.3 Å². The van der Waals surface area contributed by atoms with Crippen molar-refractivity contribution in [1.29, 1.82) is 5.26 Å². The van der Waals surface area contributed by atoms with E-state index in [9.17, 15) is 10.1 Å². The summed E-state index contributed by atoms with van der Waals surface area (Å²) >= 11 is 1.23. The minimum atomic E-state index is -0.435. The molecule has 24 heavy (non-hydrogen) atoms. The van der Waals surface area contributed by atoms with Gasteiger partial charge in [0, 0.05) is 5.56 Å². The van der Waals surface area contributed by atoms with Gasteiger partial charge in [0.2, 0.25) is 0 Å². The van der Waals surface area contributed by atoms with Crippen molar-refractivity contribution in [1.82, 2.24) is 4.98 Å². The third kappa shape index (κ3) is 4.27. The Bertz CT molecular complexity index is 754. The van der Waals surface area contributed by atoms with Crippen LogP contribution in [0.25, 0.3) is 11.3 Å². The molecule has 0 aliphatic heterocycles. The van der Waals surface area contributed by atoms with E-state index in [2.05, 4.69) is 11.1 Å². The summed E-state index contributed by atoms with van der Waals surface area (Å²) in [5.74, 6) is 0.445. The molecule has 1 aromatic carbocycles. The smallest absolute Gasteiger partial charge is 0.319 e. The van der Waals surface area contributed by atoms with Crippen LogP contribution >= 0.6 is 11.8 Å². The molecule has 0 radical (unpaired) electrons. The highest BCUT2D eigenvalue weighted by molar-refractivity contribution is 8.00. The van der Waals surface area contributed by atoms with E-state index in [0.717, 1.165) is 17.0 Å². The highest BCUT2D eigenvalue weighted by Gasteiger charge is 2.19. The molecule has 0 aliphatic carbocycles. The molecule has 6 heteroatoms. The minimum Gasteiger partial charge on any atom is -0.497 e. The van der Waals surface area contributed by atoms with E-state index in [1.54, 1.807) is 33.1 Å². The predicted molar refractivity (Wildman–Crippen MR) is 92.9 cm³/mol. The number of carbonyl (C=O) groups is 1. The van der Waals surface area contributed by atoms with Crippen LogP contribution in [0.3, 0.4) is 0 Å². The average Bonchev–Trinajstić information content (AvgIpc) is 2.62. The first kappa shape index (κ1) is 17.8. The number of thioether (sulfide) groups is 1. The summed E-state index contributed by atoms with van der Waals surface area (Å²) in [7, 11) is 1.61. The summed E-state index contributed by atoms with van der Waals surface area (Å²) in [4.78, 5) is 16.3. The number of benzene rings is 1. The van der Waals surface area contributed by atoms with Gasteiger partial charge in [-0.15, -0.1) is 0 Å². The maximum Gasteiger partial charge on any atom is 0.319 e. The maximum absolute atomic E-state index is 11.8. The zero-order chi connectivity index (χ0) is 17.5. The number of esters is 1. The Balaban J connectivity index is 2.30. The summed E-state index contributed by atoms with van der Waals surface area (Å²) in [5, 5.41) is 9.35. The number of rotatable bonds is 6. The van der Waals surface area contributed by atoms with E-state index < -0.39 is 5.25 Å². The van der Waals surface area contributed by atoms with Gasteiger partial charge in [-0.1, -0.05) is 11.8 Å². The number of ether oxygens (including phenoxy) is 2. The first-order chi connectivity index (χ1) is 11.6. The molecule has 2 aromatic rings. The summed E-state index contributed by atoms with van der Waals surface area (Å²) in [6, 6.07) is 13.1. The van der Waals surface area contributed by atoms with Crippen molar-refractivity contribution < 1.29 is 14.3 Å². The molecule has 1 unspecified atom stereocenters. The van der Waals surface area contributed by atoms with Crippen LogP contribution in [0.2, 0.25) is 0 Å². The second-order valence-corrected chi connectivity index (χ2v) is 6.23. The Morgan fingerprint density at radius 3 is 2.58 bits per heavy atom. The molecule has 0 spiro atoms. The van der Waals surface area contributed by atoms with Crippen molar-refractivity contribution in [3.63, 3.8) is 0 Å². The molecule has 1 atom stereocenters. The highest BCUT2D eigenvalue weighted by atomic mass is 32.2. The third-order valence-corrected chi connectivity index (χ3v) is 4.35. The van der Waals surface area contributed by atoms with Crippen LogP contribution < -0.4 is 4.74 Å². The molecule has 124 valence electrons. The molecule has 5 nitrogen and oxygen atoms in total. The molecular weight excluding hydrogens is 324 g/mol. The number of pyridine rings is 1. The lowest BCUT2D eigenvalue weighted by atomic mass is 10.1.